The lowest BCUT2D eigenvalue weighted by atomic mass is 9.80. The first kappa shape index (κ1) is 29.3. The monoisotopic (exact) mass is 551 g/mol. The van der Waals surface area contributed by atoms with Crippen LogP contribution in [0.5, 0.6) is 0 Å². The standard InChI is InChI=1S/C32H36F3N3O2/c1-23-20-25(22-28(21-23)32(33,34)35)14-17-37(3)30(40)29(26-10-6-4-7-11-26)38-18-15-31(16-19-38,36-24(2)39)27-12-8-5-9-13-27/h4-13,20-22,29H,14-19H2,1-3H3,(H,36,39). The third kappa shape index (κ3) is 6.91. The van der Waals surface area contributed by atoms with E-state index in [1.807, 2.05) is 60.7 Å². The predicted octanol–water partition coefficient (Wildman–Crippen LogP) is 5.88. The first-order valence-corrected chi connectivity index (χ1v) is 13.5. The maximum atomic E-state index is 13.9. The number of carbonyl (C=O) groups is 2. The number of rotatable bonds is 8. The van der Waals surface area contributed by atoms with Gasteiger partial charge >= 0.3 is 6.18 Å². The largest absolute Gasteiger partial charge is 0.416 e. The quantitative estimate of drug-likeness (QED) is 0.380. The van der Waals surface area contributed by atoms with Gasteiger partial charge in [-0.05, 0) is 55.0 Å². The molecule has 8 heteroatoms. The van der Waals surface area contributed by atoms with E-state index >= 15 is 0 Å². The zero-order valence-corrected chi connectivity index (χ0v) is 23.2. The molecule has 0 aliphatic carbocycles. The van der Waals surface area contributed by atoms with Crippen LogP contribution in [0.3, 0.4) is 0 Å². The van der Waals surface area contributed by atoms with E-state index in [1.165, 1.54) is 6.92 Å². The van der Waals surface area contributed by atoms with Crippen LogP contribution in [0.15, 0.2) is 78.9 Å². The molecule has 1 heterocycles. The number of carbonyl (C=O) groups excluding carboxylic acids is 2. The van der Waals surface area contributed by atoms with Crippen molar-refractivity contribution in [2.24, 2.45) is 0 Å². The molecule has 1 unspecified atom stereocenters. The number of nitrogens with one attached hydrogen (secondary N) is 1. The SMILES string of the molecule is CC(=O)NC1(c2ccccc2)CCN(C(C(=O)N(C)CCc2cc(C)cc(C(F)(F)F)c2)c2ccccc2)CC1. The summed E-state index contributed by atoms with van der Waals surface area (Å²) in [6, 6.07) is 23.0. The molecule has 3 aromatic rings. The second-order valence-corrected chi connectivity index (χ2v) is 10.7. The van der Waals surface area contributed by atoms with E-state index in [2.05, 4.69) is 10.2 Å². The van der Waals surface area contributed by atoms with Gasteiger partial charge in [0.25, 0.3) is 0 Å². The summed E-state index contributed by atoms with van der Waals surface area (Å²) in [5, 5.41) is 3.18. The number of hydrogen-bond donors (Lipinski definition) is 1. The summed E-state index contributed by atoms with van der Waals surface area (Å²) in [5.41, 5.74) is 1.80. The highest BCUT2D eigenvalue weighted by Gasteiger charge is 2.41. The zero-order valence-electron chi connectivity index (χ0n) is 23.2. The average Bonchev–Trinajstić information content (AvgIpc) is 2.93. The molecule has 2 amide bonds. The second kappa shape index (κ2) is 12.3. The molecule has 3 aromatic carbocycles. The summed E-state index contributed by atoms with van der Waals surface area (Å²) in [6.07, 6.45) is -2.82. The highest BCUT2D eigenvalue weighted by Crippen LogP contribution is 2.37. The lowest BCUT2D eigenvalue weighted by Crippen LogP contribution is -2.54. The molecule has 1 aliphatic heterocycles. The summed E-state index contributed by atoms with van der Waals surface area (Å²) >= 11 is 0. The number of benzene rings is 3. The van der Waals surface area contributed by atoms with Gasteiger partial charge in [0, 0.05) is 33.6 Å². The Balaban J connectivity index is 1.53. The highest BCUT2D eigenvalue weighted by molar-refractivity contribution is 5.83. The Kier molecular flexibility index (Phi) is 8.98. The van der Waals surface area contributed by atoms with Gasteiger partial charge in [-0.15, -0.1) is 0 Å². The summed E-state index contributed by atoms with van der Waals surface area (Å²) in [7, 11) is 1.70. The van der Waals surface area contributed by atoms with Gasteiger partial charge in [-0.2, -0.15) is 13.2 Å². The normalized spacial score (nSPS) is 16.2. The van der Waals surface area contributed by atoms with Gasteiger partial charge in [0.15, 0.2) is 0 Å². The molecule has 212 valence electrons. The third-order valence-electron chi connectivity index (χ3n) is 7.68. The Morgan fingerprint density at radius 1 is 0.975 bits per heavy atom. The molecular formula is C32H36F3N3O2. The van der Waals surface area contributed by atoms with Crippen LogP contribution in [-0.4, -0.2) is 48.3 Å². The minimum Gasteiger partial charge on any atom is -0.347 e. The maximum Gasteiger partial charge on any atom is 0.416 e. The fraction of sp³-hybridized carbons (Fsp3) is 0.375. The number of hydrogen-bond acceptors (Lipinski definition) is 3. The molecule has 0 saturated carbocycles. The second-order valence-electron chi connectivity index (χ2n) is 10.7. The van der Waals surface area contributed by atoms with Crippen LogP contribution in [0.1, 0.15) is 53.6 Å². The van der Waals surface area contributed by atoms with Crippen molar-refractivity contribution in [1.29, 1.82) is 0 Å². The van der Waals surface area contributed by atoms with Crippen LogP contribution in [0.2, 0.25) is 0 Å². The third-order valence-corrected chi connectivity index (χ3v) is 7.68. The number of piperidine rings is 1. The number of likely N-dealkylation sites (tertiary alicyclic amines) is 1. The van der Waals surface area contributed by atoms with Crippen molar-refractivity contribution in [3.8, 4) is 0 Å². The fourth-order valence-corrected chi connectivity index (χ4v) is 5.68. The van der Waals surface area contributed by atoms with E-state index in [4.69, 9.17) is 0 Å². The molecule has 0 aromatic heterocycles. The molecule has 4 rings (SSSR count). The van der Waals surface area contributed by atoms with Crippen LogP contribution in [0, 0.1) is 6.92 Å². The van der Waals surface area contributed by atoms with E-state index in [0.717, 1.165) is 23.3 Å². The predicted molar refractivity (Wildman–Crippen MR) is 149 cm³/mol. The van der Waals surface area contributed by atoms with Crippen LogP contribution < -0.4 is 5.32 Å². The molecule has 1 N–H and O–H groups in total. The van der Waals surface area contributed by atoms with Crippen molar-refractivity contribution in [3.05, 3.63) is 107 Å². The minimum absolute atomic E-state index is 0.0995. The maximum absolute atomic E-state index is 13.9. The Labute approximate surface area is 234 Å². The van der Waals surface area contributed by atoms with Gasteiger partial charge in [0.2, 0.25) is 11.8 Å². The lowest BCUT2D eigenvalue weighted by molar-refractivity contribution is -0.138. The van der Waals surface area contributed by atoms with Crippen LogP contribution >= 0.6 is 0 Å². The van der Waals surface area contributed by atoms with Crippen molar-refractivity contribution >= 4 is 11.8 Å². The van der Waals surface area contributed by atoms with Crippen molar-refractivity contribution in [1.82, 2.24) is 15.1 Å². The molecule has 1 fully saturated rings. The van der Waals surface area contributed by atoms with Crippen molar-refractivity contribution in [2.45, 2.75) is 50.9 Å². The molecule has 0 bridgehead atoms. The molecule has 40 heavy (non-hydrogen) atoms. The lowest BCUT2D eigenvalue weighted by Gasteiger charge is -2.45. The number of amides is 2. The van der Waals surface area contributed by atoms with Gasteiger partial charge in [-0.25, -0.2) is 0 Å². The Bertz CT molecular complexity index is 1300. The number of aryl methyl sites for hydroxylation is 1. The number of alkyl halides is 3. The first-order valence-electron chi connectivity index (χ1n) is 13.5. The molecule has 0 spiro atoms. The van der Waals surface area contributed by atoms with Crippen LogP contribution in [0.25, 0.3) is 0 Å². The minimum atomic E-state index is -4.42. The summed E-state index contributed by atoms with van der Waals surface area (Å²) in [4.78, 5) is 29.8. The van der Waals surface area contributed by atoms with E-state index < -0.39 is 23.3 Å². The summed E-state index contributed by atoms with van der Waals surface area (Å²) in [5.74, 6) is -0.209. The van der Waals surface area contributed by atoms with Gasteiger partial charge in [-0.1, -0.05) is 72.3 Å². The van der Waals surface area contributed by atoms with Gasteiger partial charge in [-0.3, -0.25) is 14.5 Å². The Morgan fingerprint density at radius 2 is 1.57 bits per heavy atom. The van der Waals surface area contributed by atoms with Crippen molar-refractivity contribution in [2.75, 3.05) is 26.7 Å². The van der Waals surface area contributed by atoms with Crippen molar-refractivity contribution < 1.29 is 22.8 Å². The Morgan fingerprint density at radius 3 is 2.15 bits per heavy atom. The van der Waals surface area contributed by atoms with Crippen molar-refractivity contribution in [3.63, 3.8) is 0 Å². The fourth-order valence-electron chi connectivity index (χ4n) is 5.68. The molecule has 1 aliphatic rings. The topological polar surface area (TPSA) is 52.7 Å². The van der Waals surface area contributed by atoms with E-state index in [0.29, 0.717) is 43.5 Å². The van der Waals surface area contributed by atoms with E-state index in [9.17, 15) is 22.8 Å². The smallest absolute Gasteiger partial charge is 0.347 e. The molecule has 0 radical (unpaired) electrons. The average molecular weight is 552 g/mol. The van der Waals surface area contributed by atoms with Crippen LogP contribution in [0.4, 0.5) is 13.2 Å². The van der Waals surface area contributed by atoms with Gasteiger partial charge in [0.05, 0.1) is 11.1 Å². The van der Waals surface area contributed by atoms with E-state index in [1.54, 1.807) is 24.9 Å². The molecule has 1 atom stereocenters. The molecular weight excluding hydrogens is 515 g/mol. The summed E-state index contributed by atoms with van der Waals surface area (Å²) < 4.78 is 39.9. The number of nitrogens with zero attached hydrogens (tertiary/aromatic N) is 2. The zero-order chi connectivity index (χ0) is 28.9. The molecule has 5 nitrogen and oxygen atoms in total. The van der Waals surface area contributed by atoms with Gasteiger partial charge < -0.3 is 10.2 Å². The van der Waals surface area contributed by atoms with Crippen LogP contribution in [-0.2, 0) is 27.7 Å². The summed E-state index contributed by atoms with van der Waals surface area (Å²) in [6.45, 7) is 4.62. The number of halogens is 3. The highest BCUT2D eigenvalue weighted by atomic mass is 19.4. The van der Waals surface area contributed by atoms with E-state index in [-0.39, 0.29) is 18.4 Å². The number of likely N-dealkylation sites (N-methyl/N-ethyl adjacent to an activating group) is 1. The molecule has 1 saturated heterocycles. The Hall–Kier alpha value is -3.65. The first-order chi connectivity index (χ1) is 19.0. The van der Waals surface area contributed by atoms with Gasteiger partial charge in [0.1, 0.15) is 6.04 Å².